The van der Waals surface area contributed by atoms with Gasteiger partial charge in [0.15, 0.2) is 0 Å². The molecule has 2 aromatic heterocycles. The normalized spacial score (nSPS) is 10.8. The fourth-order valence-electron chi connectivity index (χ4n) is 3.55. The average Bonchev–Trinajstić information content (AvgIpc) is 3.18. The molecule has 1 N–H and O–H groups in total. The molecule has 6 heteroatoms. The number of amides is 1. The van der Waals surface area contributed by atoms with Crippen LogP contribution in [0.5, 0.6) is 5.75 Å². The predicted octanol–water partition coefficient (Wildman–Crippen LogP) is 4.26. The molecule has 4 aromatic rings. The van der Waals surface area contributed by atoms with Crippen LogP contribution in [0, 0.1) is 0 Å². The van der Waals surface area contributed by atoms with Crippen LogP contribution in [0.4, 0.5) is 0 Å². The van der Waals surface area contributed by atoms with Gasteiger partial charge >= 0.3 is 0 Å². The van der Waals surface area contributed by atoms with E-state index in [1.54, 1.807) is 24.5 Å². The van der Waals surface area contributed by atoms with E-state index in [0.717, 1.165) is 48.4 Å². The average molecular weight is 415 g/mol. The van der Waals surface area contributed by atoms with E-state index < -0.39 is 0 Å². The number of imidazole rings is 1. The minimum Gasteiger partial charge on any atom is -0.494 e. The highest BCUT2D eigenvalue weighted by molar-refractivity contribution is 5.93. The third-order valence-corrected chi connectivity index (χ3v) is 5.08. The Morgan fingerprint density at radius 2 is 1.71 bits per heavy atom. The molecular weight excluding hydrogens is 388 g/mol. The molecule has 0 fully saturated rings. The van der Waals surface area contributed by atoms with Gasteiger partial charge in [0.2, 0.25) is 0 Å². The molecule has 6 nitrogen and oxygen atoms in total. The van der Waals surface area contributed by atoms with Gasteiger partial charge in [0.1, 0.15) is 11.6 Å². The molecule has 31 heavy (non-hydrogen) atoms. The summed E-state index contributed by atoms with van der Waals surface area (Å²) in [5, 5.41) is 2.97. The first-order chi connectivity index (χ1) is 15.3. The van der Waals surface area contributed by atoms with Gasteiger partial charge in [-0.1, -0.05) is 30.3 Å². The Balaban J connectivity index is 1.33. The molecule has 0 aliphatic heterocycles. The first kappa shape index (κ1) is 20.6. The number of rotatable bonds is 10. The van der Waals surface area contributed by atoms with Crippen LogP contribution >= 0.6 is 0 Å². The van der Waals surface area contributed by atoms with Crippen molar-refractivity contribution >= 4 is 16.9 Å². The van der Waals surface area contributed by atoms with Crippen molar-refractivity contribution in [3.05, 3.63) is 90.5 Å². The van der Waals surface area contributed by atoms with E-state index in [4.69, 9.17) is 9.72 Å². The second-order valence-corrected chi connectivity index (χ2v) is 7.28. The zero-order valence-corrected chi connectivity index (χ0v) is 17.4. The van der Waals surface area contributed by atoms with Crippen molar-refractivity contribution in [3.8, 4) is 5.75 Å². The lowest BCUT2D eigenvalue weighted by atomic mass is 10.2. The largest absolute Gasteiger partial charge is 0.494 e. The highest BCUT2D eigenvalue weighted by Gasteiger charge is 2.11. The van der Waals surface area contributed by atoms with E-state index in [1.165, 1.54) is 0 Å². The van der Waals surface area contributed by atoms with Crippen molar-refractivity contribution < 1.29 is 9.53 Å². The Morgan fingerprint density at radius 1 is 0.935 bits per heavy atom. The molecule has 0 spiro atoms. The minimum atomic E-state index is -0.0750. The standard InChI is InChI=1S/C25H26N4O2/c30-25(20-13-16-26-17-14-20)27-15-6-12-24-28-22-10-4-5-11-23(22)29(24)18-7-19-31-21-8-2-1-3-9-21/h1-5,8-11,13-14,16-17H,6-7,12,15,18-19H2,(H,27,30). The molecule has 2 aromatic carbocycles. The lowest BCUT2D eigenvalue weighted by Gasteiger charge is -2.11. The van der Waals surface area contributed by atoms with Crippen LogP contribution < -0.4 is 10.1 Å². The maximum atomic E-state index is 12.2. The van der Waals surface area contributed by atoms with Gasteiger partial charge < -0.3 is 14.6 Å². The number of carbonyl (C=O) groups excluding carboxylic acids is 1. The smallest absolute Gasteiger partial charge is 0.251 e. The summed E-state index contributed by atoms with van der Waals surface area (Å²) >= 11 is 0. The molecule has 0 atom stereocenters. The van der Waals surface area contributed by atoms with Gasteiger partial charge in [0.05, 0.1) is 17.6 Å². The van der Waals surface area contributed by atoms with Gasteiger partial charge in [-0.15, -0.1) is 0 Å². The van der Waals surface area contributed by atoms with Crippen molar-refractivity contribution in [2.24, 2.45) is 0 Å². The molecule has 4 rings (SSSR count). The summed E-state index contributed by atoms with van der Waals surface area (Å²) in [6.07, 6.45) is 5.75. The number of hydrogen-bond donors (Lipinski definition) is 1. The second kappa shape index (κ2) is 10.4. The van der Waals surface area contributed by atoms with Gasteiger partial charge in [-0.2, -0.15) is 0 Å². The molecule has 0 saturated heterocycles. The molecule has 0 unspecified atom stereocenters. The van der Waals surface area contributed by atoms with Gasteiger partial charge in [-0.05, 0) is 49.2 Å². The van der Waals surface area contributed by atoms with E-state index in [1.807, 2.05) is 48.5 Å². The number of pyridine rings is 1. The Morgan fingerprint density at radius 3 is 2.55 bits per heavy atom. The zero-order valence-electron chi connectivity index (χ0n) is 17.4. The van der Waals surface area contributed by atoms with Crippen LogP contribution in [0.1, 0.15) is 29.0 Å². The number of benzene rings is 2. The summed E-state index contributed by atoms with van der Waals surface area (Å²) in [5.41, 5.74) is 2.76. The Bertz CT molecular complexity index is 1110. The molecule has 0 aliphatic rings. The summed E-state index contributed by atoms with van der Waals surface area (Å²) in [7, 11) is 0. The van der Waals surface area contributed by atoms with Crippen LogP contribution in [-0.4, -0.2) is 33.6 Å². The monoisotopic (exact) mass is 414 g/mol. The molecule has 1 amide bonds. The van der Waals surface area contributed by atoms with Crippen molar-refractivity contribution in [1.82, 2.24) is 19.9 Å². The zero-order chi connectivity index (χ0) is 21.3. The van der Waals surface area contributed by atoms with Gasteiger partial charge in [0, 0.05) is 37.5 Å². The molecule has 0 bridgehead atoms. The van der Waals surface area contributed by atoms with Crippen LogP contribution in [0.15, 0.2) is 79.1 Å². The number of carbonyl (C=O) groups is 1. The molecule has 0 aliphatic carbocycles. The number of hydrogen-bond acceptors (Lipinski definition) is 4. The van der Waals surface area contributed by atoms with Crippen LogP contribution in [0.25, 0.3) is 11.0 Å². The van der Waals surface area contributed by atoms with E-state index >= 15 is 0 Å². The summed E-state index contributed by atoms with van der Waals surface area (Å²) in [5.74, 6) is 1.86. The third-order valence-electron chi connectivity index (χ3n) is 5.08. The molecule has 0 saturated carbocycles. The lowest BCUT2D eigenvalue weighted by Crippen LogP contribution is -2.25. The summed E-state index contributed by atoms with van der Waals surface area (Å²) in [4.78, 5) is 20.9. The topological polar surface area (TPSA) is 69.0 Å². The van der Waals surface area contributed by atoms with E-state index in [2.05, 4.69) is 20.9 Å². The molecule has 2 heterocycles. The fraction of sp³-hybridized carbons (Fsp3) is 0.240. The second-order valence-electron chi connectivity index (χ2n) is 7.28. The number of aryl methyl sites for hydroxylation is 2. The predicted molar refractivity (Wildman–Crippen MR) is 121 cm³/mol. The van der Waals surface area contributed by atoms with Crippen LogP contribution in [0.2, 0.25) is 0 Å². The van der Waals surface area contributed by atoms with E-state index in [-0.39, 0.29) is 5.91 Å². The number of ether oxygens (including phenoxy) is 1. The Kier molecular flexibility index (Phi) is 6.90. The van der Waals surface area contributed by atoms with Crippen molar-refractivity contribution in [3.63, 3.8) is 0 Å². The molecule has 158 valence electrons. The lowest BCUT2D eigenvalue weighted by molar-refractivity contribution is 0.0953. The van der Waals surface area contributed by atoms with Crippen LogP contribution in [-0.2, 0) is 13.0 Å². The van der Waals surface area contributed by atoms with E-state index in [0.29, 0.717) is 18.7 Å². The van der Waals surface area contributed by atoms with Crippen molar-refractivity contribution in [2.45, 2.75) is 25.8 Å². The maximum absolute atomic E-state index is 12.2. The van der Waals surface area contributed by atoms with Crippen molar-refractivity contribution in [2.75, 3.05) is 13.2 Å². The molecule has 0 radical (unpaired) electrons. The number of aromatic nitrogens is 3. The van der Waals surface area contributed by atoms with Crippen molar-refractivity contribution in [1.29, 1.82) is 0 Å². The Labute approximate surface area is 181 Å². The number of para-hydroxylation sites is 3. The number of nitrogens with zero attached hydrogens (tertiary/aromatic N) is 3. The quantitative estimate of drug-likeness (QED) is 0.394. The number of fused-ring (bicyclic) bond motifs is 1. The Hall–Kier alpha value is -3.67. The number of nitrogens with one attached hydrogen (secondary N) is 1. The summed E-state index contributed by atoms with van der Waals surface area (Å²) in [6.45, 7) is 2.09. The van der Waals surface area contributed by atoms with E-state index in [9.17, 15) is 4.79 Å². The first-order valence-electron chi connectivity index (χ1n) is 10.6. The highest BCUT2D eigenvalue weighted by atomic mass is 16.5. The summed E-state index contributed by atoms with van der Waals surface area (Å²) in [6, 6.07) is 21.5. The van der Waals surface area contributed by atoms with Crippen LogP contribution in [0.3, 0.4) is 0 Å². The fourth-order valence-corrected chi connectivity index (χ4v) is 3.55. The minimum absolute atomic E-state index is 0.0750. The summed E-state index contributed by atoms with van der Waals surface area (Å²) < 4.78 is 8.11. The SMILES string of the molecule is O=C(NCCCc1nc2ccccc2n1CCCOc1ccccc1)c1ccncc1. The van der Waals surface area contributed by atoms with Gasteiger partial charge in [0.25, 0.3) is 5.91 Å². The van der Waals surface area contributed by atoms with Gasteiger partial charge in [-0.3, -0.25) is 9.78 Å². The van der Waals surface area contributed by atoms with Gasteiger partial charge in [-0.25, -0.2) is 4.98 Å². The maximum Gasteiger partial charge on any atom is 0.251 e. The third kappa shape index (κ3) is 5.48. The molecular formula is C25H26N4O2. The first-order valence-corrected chi connectivity index (χ1v) is 10.6. The highest BCUT2D eigenvalue weighted by Crippen LogP contribution is 2.18.